The zero-order chi connectivity index (χ0) is 51.0. The average molecular weight is 1100 g/mol. The molecule has 2 heterocycles. The van der Waals surface area contributed by atoms with Crippen LogP contribution in [0.4, 0.5) is 22.7 Å². The Bertz CT molecular complexity index is 1400. The van der Waals surface area contributed by atoms with Crippen molar-refractivity contribution in [2.75, 3.05) is 23.9 Å². The van der Waals surface area contributed by atoms with Crippen LogP contribution in [0.25, 0.3) is 0 Å². The van der Waals surface area contributed by atoms with Crippen molar-refractivity contribution >= 4 is 22.7 Å². The smallest absolute Gasteiger partial charge is 0.0444 e. The summed E-state index contributed by atoms with van der Waals surface area (Å²) in [6.07, 6.45) is 2.10. The van der Waals surface area contributed by atoms with Crippen LogP contribution in [0.1, 0.15) is 175 Å². The fraction of sp³-hybridized carbons (Fsp3) is 0.400. The number of rotatable bonds is 0. The number of anilines is 4. The SMILES string of the molecule is CC.CC.CC.CC.CC.CC.CC.CC.CC.CC.CC.CN1c2ccccc2Cc2ccccc21.CN1c2ccccc2Cc2ccccc21.[CH3-].[CH3-].[CH3-].[Y].[Y].[c-]1ccccc1.[c-]1ccccc1. The Labute approximate surface area is 487 Å². The molecule has 0 fully saturated rings. The molecule has 0 saturated heterocycles. The summed E-state index contributed by atoms with van der Waals surface area (Å²) in [6.45, 7) is 44.0. The van der Waals surface area contributed by atoms with Crippen molar-refractivity contribution in [3.63, 3.8) is 0 Å². The molecule has 0 amide bonds. The fourth-order valence-corrected chi connectivity index (χ4v) is 5.30. The van der Waals surface area contributed by atoms with Gasteiger partial charge in [-0.15, -0.1) is 0 Å². The van der Waals surface area contributed by atoms with Crippen molar-refractivity contribution in [1.82, 2.24) is 0 Å². The first-order valence-electron chi connectivity index (χ1n) is 25.3. The van der Waals surface area contributed by atoms with Gasteiger partial charge in [0.1, 0.15) is 0 Å². The zero-order valence-electron chi connectivity index (χ0n) is 50.5. The van der Waals surface area contributed by atoms with Gasteiger partial charge in [0.25, 0.3) is 0 Å². The Morgan fingerprint density at radius 3 is 0.551 bits per heavy atom. The minimum Gasteiger partial charge on any atom is -0.358 e. The van der Waals surface area contributed by atoms with Crippen molar-refractivity contribution in [2.24, 2.45) is 0 Å². The maximum absolute atomic E-state index is 2.89. The molecule has 6 aromatic rings. The second-order valence-corrected chi connectivity index (χ2v) is 10.1. The largest absolute Gasteiger partial charge is 0.358 e. The van der Waals surface area contributed by atoms with Crippen molar-refractivity contribution in [2.45, 2.75) is 165 Å². The molecule has 8 rings (SSSR count). The fourth-order valence-electron chi connectivity index (χ4n) is 5.30. The van der Waals surface area contributed by atoms with E-state index in [-0.39, 0.29) is 87.7 Å². The van der Waals surface area contributed by atoms with Crippen LogP contribution in [0.5, 0.6) is 0 Å². The number of benzene rings is 6. The predicted molar refractivity (Wildman–Crippen MR) is 322 cm³/mol. The molecule has 392 valence electrons. The number of para-hydroxylation sites is 4. The van der Waals surface area contributed by atoms with E-state index < -0.39 is 0 Å². The van der Waals surface area contributed by atoms with Crippen molar-refractivity contribution in [3.8, 4) is 0 Å². The van der Waals surface area contributed by atoms with E-state index in [9.17, 15) is 0 Å². The normalized spacial score (nSPS) is 8.12. The molecule has 69 heavy (non-hydrogen) atoms. The Balaban J connectivity index is -0.0000000561. The maximum Gasteiger partial charge on any atom is 0.0444 e. The van der Waals surface area contributed by atoms with Crippen molar-refractivity contribution < 1.29 is 65.4 Å². The maximum atomic E-state index is 2.89. The van der Waals surface area contributed by atoms with Crippen LogP contribution < -0.4 is 9.80 Å². The van der Waals surface area contributed by atoms with Gasteiger partial charge in [0, 0.05) is 115 Å². The van der Waals surface area contributed by atoms with Gasteiger partial charge in [0.05, 0.1) is 0 Å². The molecule has 0 unspecified atom stereocenters. The topological polar surface area (TPSA) is 6.48 Å². The van der Waals surface area contributed by atoms with E-state index in [1.807, 2.05) is 213 Å². The minimum atomic E-state index is 0. The first kappa shape index (κ1) is 95.7. The quantitative estimate of drug-likeness (QED) is 0.140. The van der Waals surface area contributed by atoms with E-state index >= 15 is 0 Å². The van der Waals surface area contributed by atoms with E-state index in [2.05, 4.69) is 133 Å². The first-order chi connectivity index (χ1) is 31.7. The van der Waals surface area contributed by atoms with E-state index in [0.29, 0.717) is 0 Å². The number of nitrogens with zero attached hydrogens (tertiary/aromatic N) is 2. The molecule has 0 atom stereocenters. The summed E-state index contributed by atoms with van der Waals surface area (Å²) in [5, 5.41) is 0. The molecule has 2 aliphatic rings. The van der Waals surface area contributed by atoms with Crippen molar-refractivity contribution in [3.05, 3.63) is 214 Å². The van der Waals surface area contributed by atoms with Gasteiger partial charge in [0.15, 0.2) is 0 Å². The second-order valence-electron chi connectivity index (χ2n) is 10.1. The van der Waals surface area contributed by atoms with Crippen LogP contribution in [-0.4, -0.2) is 14.1 Å². The predicted octanol–water partition coefficient (Wildman–Crippen LogP) is 22.3. The van der Waals surface area contributed by atoms with Gasteiger partial charge in [-0.1, -0.05) is 225 Å². The summed E-state index contributed by atoms with van der Waals surface area (Å²) in [5.41, 5.74) is 11.0. The van der Waals surface area contributed by atoms with Gasteiger partial charge in [-0.25, -0.2) is 0 Å². The van der Waals surface area contributed by atoms with E-state index in [0.717, 1.165) is 12.8 Å². The Morgan fingerprint density at radius 1 is 0.261 bits per heavy atom. The molecule has 6 aromatic carbocycles. The molecule has 4 heteroatoms. The van der Waals surface area contributed by atoms with Gasteiger partial charge < -0.3 is 32.1 Å². The third-order valence-electron chi connectivity index (χ3n) is 7.39. The summed E-state index contributed by atoms with van der Waals surface area (Å²) in [6, 6.07) is 59.4. The molecule has 0 saturated carbocycles. The molecule has 0 N–H and O–H groups in total. The summed E-state index contributed by atoms with van der Waals surface area (Å²) in [4.78, 5) is 4.54. The van der Waals surface area contributed by atoms with Gasteiger partial charge >= 0.3 is 0 Å². The van der Waals surface area contributed by atoms with Crippen LogP contribution in [0.3, 0.4) is 0 Å². The average Bonchev–Trinajstić information content (AvgIpc) is 3.44. The molecule has 2 nitrogen and oxygen atoms in total. The van der Waals surface area contributed by atoms with Gasteiger partial charge in [0.2, 0.25) is 0 Å². The number of fused-ring (bicyclic) bond motifs is 4. The van der Waals surface area contributed by atoms with Crippen LogP contribution in [0, 0.1) is 34.4 Å². The Hall–Kier alpha value is -2.87. The van der Waals surface area contributed by atoms with E-state index in [1.54, 1.807) is 0 Å². The van der Waals surface area contributed by atoms with Gasteiger partial charge in [-0.3, -0.25) is 0 Å². The summed E-state index contributed by atoms with van der Waals surface area (Å²) in [7, 11) is 4.27. The molecular weight excluding hydrogens is 987 g/mol. The molecule has 0 aromatic heterocycles. The molecule has 0 aliphatic carbocycles. The van der Waals surface area contributed by atoms with Gasteiger partial charge in [-0.2, -0.15) is 72.8 Å². The van der Waals surface area contributed by atoms with Gasteiger partial charge in [-0.05, 0) is 46.5 Å². The molecular formula is C65H111N2Y2-5. The molecule has 0 bridgehead atoms. The number of hydrogen-bond donors (Lipinski definition) is 0. The second kappa shape index (κ2) is 82.1. The zero-order valence-corrected chi connectivity index (χ0v) is 56.2. The summed E-state index contributed by atoms with van der Waals surface area (Å²) < 4.78 is 0. The van der Waals surface area contributed by atoms with E-state index in [1.165, 1.54) is 45.0 Å². The monoisotopic (exact) mass is 1100 g/mol. The van der Waals surface area contributed by atoms with Crippen LogP contribution >= 0.6 is 0 Å². The standard InChI is InChI=1S/2C14H13N.2C6H5.11C2H6.3CH3.2Y/c2*1-15-13-8-4-2-6-11(13)10-12-7-3-5-9-14(12)15;2*1-2-4-6-5-3-1;11*1-2;;;;;/h2*2-9H,10H2,1H3;2*1-5H;11*1-2H3;3*1H3;;/q;;2*-1;;;;;;;;;;;;3*-1;;. The summed E-state index contributed by atoms with van der Waals surface area (Å²) in [5.74, 6) is 0. The van der Waals surface area contributed by atoms with Crippen LogP contribution in [-0.2, 0) is 78.3 Å². The Morgan fingerprint density at radius 2 is 0.420 bits per heavy atom. The minimum absolute atomic E-state index is 0. The van der Waals surface area contributed by atoms with E-state index in [4.69, 9.17) is 0 Å². The third-order valence-corrected chi connectivity index (χ3v) is 7.39. The molecule has 0 spiro atoms. The van der Waals surface area contributed by atoms with Crippen molar-refractivity contribution in [1.29, 1.82) is 0 Å². The summed E-state index contributed by atoms with van der Waals surface area (Å²) >= 11 is 0. The molecule has 2 aliphatic heterocycles. The number of hydrogen-bond acceptors (Lipinski definition) is 2. The van der Waals surface area contributed by atoms with Crippen LogP contribution in [0.15, 0.2) is 158 Å². The molecule has 2 radical (unpaired) electrons. The van der Waals surface area contributed by atoms with Crippen LogP contribution in [0.2, 0.25) is 0 Å². The third kappa shape index (κ3) is 43.6. The Kier molecular flexibility index (Phi) is 114. The first-order valence-corrected chi connectivity index (χ1v) is 25.3.